The fourth-order valence-corrected chi connectivity index (χ4v) is 5.00. The first kappa shape index (κ1) is 21.8. The molecule has 0 saturated carbocycles. The van der Waals surface area contributed by atoms with Gasteiger partial charge in [-0.3, -0.25) is 14.2 Å². The number of hydrogen-bond donors (Lipinski definition) is 0. The van der Waals surface area contributed by atoms with Gasteiger partial charge in [0.1, 0.15) is 11.4 Å². The third-order valence-electron chi connectivity index (χ3n) is 5.73. The SMILES string of the molecule is Cc1sc2ncn(CC(=O)N(C)Cc3cnn(-c4ccccc4)c3)c(=O)c2c1-c1ccccc1. The zero-order valence-corrected chi connectivity index (χ0v) is 19.7. The van der Waals surface area contributed by atoms with E-state index in [-0.39, 0.29) is 18.0 Å². The number of amides is 1. The molecule has 0 radical (unpaired) electrons. The van der Waals surface area contributed by atoms with Gasteiger partial charge in [-0.15, -0.1) is 11.3 Å². The Hall–Kier alpha value is -4.04. The highest BCUT2D eigenvalue weighted by Crippen LogP contribution is 2.35. The van der Waals surface area contributed by atoms with E-state index in [1.54, 1.807) is 22.8 Å². The second-order valence-corrected chi connectivity index (χ2v) is 9.34. The van der Waals surface area contributed by atoms with Gasteiger partial charge >= 0.3 is 0 Å². The summed E-state index contributed by atoms with van der Waals surface area (Å²) in [5, 5.41) is 4.95. The van der Waals surface area contributed by atoms with E-state index in [9.17, 15) is 9.59 Å². The van der Waals surface area contributed by atoms with Crippen molar-refractivity contribution in [1.82, 2.24) is 24.2 Å². The van der Waals surface area contributed by atoms with Gasteiger partial charge in [-0.05, 0) is 24.6 Å². The average molecular weight is 470 g/mol. The number of aromatic nitrogens is 4. The number of thiophene rings is 1. The van der Waals surface area contributed by atoms with Gasteiger partial charge in [0.05, 0.1) is 23.6 Å². The maximum Gasteiger partial charge on any atom is 0.263 e. The van der Waals surface area contributed by atoms with Crippen molar-refractivity contribution in [2.75, 3.05) is 7.05 Å². The number of likely N-dealkylation sites (N-methyl/N-ethyl adjacent to an activating group) is 1. The Balaban J connectivity index is 1.37. The van der Waals surface area contributed by atoms with Crippen LogP contribution in [0.1, 0.15) is 10.4 Å². The van der Waals surface area contributed by atoms with Crippen LogP contribution >= 0.6 is 11.3 Å². The molecule has 0 aliphatic heterocycles. The molecule has 5 rings (SSSR count). The number of nitrogens with zero attached hydrogens (tertiary/aromatic N) is 5. The van der Waals surface area contributed by atoms with Gasteiger partial charge in [0.25, 0.3) is 5.56 Å². The molecule has 34 heavy (non-hydrogen) atoms. The molecule has 0 bridgehead atoms. The first-order chi connectivity index (χ1) is 16.5. The van der Waals surface area contributed by atoms with Crippen LogP contribution in [0.3, 0.4) is 0 Å². The fraction of sp³-hybridized carbons (Fsp3) is 0.154. The lowest BCUT2D eigenvalue weighted by atomic mass is 10.0. The van der Waals surface area contributed by atoms with Crippen molar-refractivity contribution in [1.29, 1.82) is 0 Å². The number of para-hydroxylation sites is 1. The number of benzene rings is 2. The van der Waals surface area contributed by atoms with Crippen LogP contribution in [0.15, 0.2) is 84.2 Å². The second kappa shape index (κ2) is 9.07. The lowest BCUT2D eigenvalue weighted by Gasteiger charge is -2.17. The molecule has 1 amide bonds. The minimum atomic E-state index is -0.202. The van der Waals surface area contributed by atoms with Gasteiger partial charge in [0.2, 0.25) is 5.91 Å². The highest BCUT2D eigenvalue weighted by atomic mass is 32.1. The molecule has 170 valence electrons. The standard InChI is InChI=1S/C26H23N5O2S/c1-18-23(20-9-5-3-6-10-20)24-25(34-18)27-17-30(26(24)33)16-22(32)29(2)14-19-13-28-31(15-19)21-11-7-4-8-12-21/h3-13,15,17H,14,16H2,1-2H3. The normalized spacial score (nSPS) is 11.1. The number of aryl methyl sites for hydroxylation is 1. The van der Waals surface area contributed by atoms with Gasteiger partial charge in [-0.1, -0.05) is 48.5 Å². The molecule has 5 aromatic rings. The number of carbonyl (C=O) groups excluding carboxylic acids is 1. The van der Waals surface area contributed by atoms with E-state index in [1.807, 2.05) is 73.8 Å². The maximum atomic E-state index is 13.4. The van der Waals surface area contributed by atoms with Crippen molar-refractivity contribution in [3.63, 3.8) is 0 Å². The predicted molar refractivity (Wildman–Crippen MR) is 134 cm³/mol. The third-order valence-corrected chi connectivity index (χ3v) is 6.74. The van der Waals surface area contributed by atoms with Crippen LogP contribution in [0.5, 0.6) is 0 Å². The van der Waals surface area contributed by atoms with E-state index < -0.39 is 0 Å². The summed E-state index contributed by atoms with van der Waals surface area (Å²) in [5.41, 5.74) is 3.52. The number of fused-ring (bicyclic) bond motifs is 1. The molecular formula is C26H23N5O2S. The molecule has 0 unspecified atom stereocenters. The number of hydrogen-bond acceptors (Lipinski definition) is 5. The van der Waals surface area contributed by atoms with Crippen LogP contribution in [0.2, 0.25) is 0 Å². The summed E-state index contributed by atoms with van der Waals surface area (Å²) in [4.78, 5) is 34.1. The zero-order valence-electron chi connectivity index (χ0n) is 18.9. The Morgan fingerprint density at radius 3 is 2.50 bits per heavy atom. The molecule has 3 aromatic heterocycles. The van der Waals surface area contributed by atoms with Crippen LogP contribution in [0.25, 0.3) is 27.0 Å². The highest BCUT2D eigenvalue weighted by molar-refractivity contribution is 7.19. The van der Waals surface area contributed by atoms with Crippen LogP contribution in [0, 0.1) is 6.92 Å². The highest BCUT2D eigenvalue weighted by Gasteiger charge is 2.19. The summed E-state index contributed by atoms with van der Waals surface area (Å²) >= 11 is 1.49. The Bertz CT molecular complexity index is 1520. The van der Waals surface area contributed by atoms with E-state index in [2.05, 4.69) is 10.1 Å². The van der Waals surface area contributed by atoms with Gasteiger partial charge in [0.15, 0.2) is 0 Å². The maximum absolute atomic E-state index is 13.4. The van der Waals surface area contributed by atoms with E-state index in [0.717, 1.165) is 27.3 Å². The molecule has 7 nitrogen and oxygen atoms in total. The molecule has 0 fully saturated rings. The van der Waals surface area contributed by atoms with Crippen molar-refractivity contribution in [3.8, 4) is 16.8 Å². The Labute approximate surface area is 200 Å². The van der Waals surface area contributed by atoms with Crippen molar-refractivity contribution in [3.05, 3.63) is 100 Å². The Morgan fingerprint density at radius 1 is 1.06 bits per heavy atom. The Morgan fingerprint density at radius 2 is 1.76 bits per heavy atom. The summed E-state index contributed by atoms with van der Waals surface area (Å²) in [6.45, 7) is 2.31. The van der Waals surface area contributed by atoms with Crippen LogP contribution < -0.4 is 5.56 Å². The van der Waals surface area contributed by atoms with E-state index in [0.29, 0.717) is 16.8 Å². The smallest absolute Gasteiger partial charge is 0.263 e. The van der Waals surface area contributed by atoms with Crippen LogP contribution in [-0.4, -0.2) is 37.2 Å². The average Bonchev–Trinajstić information content (AvgIpc) is 3.46. The van der Waals surface area contributed by atoms with Crippen LogP contribution in [0.4, 0.5) is 0 Å². The molecule has 0 saturated heterocycles. The van der Waals surface area contributed by atoms with Crippen LogP contribution in [-0.2, 0) is 17.9 Å². The summed E-state index contributed by atoms with van der Waals surface area (Å²) in [6.07, 6.45) is 5.12. The first-order valence-electron chi connectivity index (χ1n) is 10.9. The van der Waals surface area contributed by atoms with Gasteiger partial charge < -0.3 is 4.90 Å². The minimum Gasteiger partial charge on any atom is -0.340 e. The van der Waals surface area contributed by atoms with E-state index in [1.165, 1.54) is 22.2 Å². The largest absolute Gasteiger partial charge is 0.340 e. The summed E-state index contributed by atoms with van der Waals surface area (Å²) in [6, 6.07) is 19.6. The van der Waals surface area contributed by atoms with E-state index >= 15 is 0 Å². The predicted octanol–water partition coefficient (Wildman–Crippen LogP) is 4.28. The number of rotatable bonds is 6. The second-order valence-electron chi connectivity index (χ2n) is 8.14. The quantitative estimate of drug-likeness (QED) is 0.372. The molecule has 2 aromatic carbocycles. The molecule has 0 aliphatic carbocycles. The molecule has 8 heteroatoms. The lowest BCUT2D eigenvalue weighted by Crippen LogP contribution is -2.33. The lowest BCUT2D eigenvalue weighted by molar-refractivity contribution is -0.131. The van der Waals surface area contributed by atoms with Gasteiger partial charge in [-0.25, -0.2) is 9.67 Å². The van der Waals surface area contributed by atoms with Crippen molar-refractivity contribution in [2.45, 2.75) is 20.0 Å². The topological polar surface area (TPSA) is 73.0 Å². The molecule has 3 heterocycles. The number of carbonyl (C=O) groups is 1. The summed E-state index contributed by atoms with van der Waals surface area (Å²) in [7, 11) is 1.73. The zero-order chi connectivity index (χ0) is 23.7. The molecule has 0 aliphatic rings. The van der Waals surface area contributed by atoms with Gasteiger partial charge in [-0.2, -0.15) is 5.10 Å². The molecular weight excluding hydrogens is 446 g/mol. The van der Waals surface area contributed by atoms with E-state index in [4.69, 9.17) is 0 Å². The third kappa shape index (κ3) is 4.15. The molecule has 0 N–H and O–H groups in total. The fourth-order valence-electron chi connectivity index (χ4n) is 3.99. The summed E-state index contributed by atoms with van der Waals surface area (Å²) < 4.78 is 3.17. The monoisotopic (exact) mass is 469 g/mol. The van der Waals surface area contributed by atoms with Crippen molar-refractivity contribution < 1.29 is 4.79 Å². The summed E-state index contributed by atoms with van der Waals surface area (Å²) in [5.74, 6) is -0.177. The molecule has 0 atom stereocenters. The molecule has 0 spiro atoms. The Kier molecular flexibility index (Phi) is 5.81. The van der Waals surface area contributed by atoms with Crippen molar-refractivity contribution in [2.24, 2.45) is 0 Å². The minimum absolute atomic E-state index is 0.0752. The van der Waals surface area contributed by atoms with Crippen molar-refractivity contribution >= 4 is 27.5 Å². The first-order valence-corrected chi connectivity index (χ1v) is 11.7. The van der Waals surface area contributed by atoms with Gasteiger partial charge in [0, 0.05) is 35.8 Å².